The molecule has 2 amide bonds. The van der Waals surface area contributed by atoms with Crippen LogP contribution in [-0.4, -0.2) is 23.5 Å². The SMILES string of the molecule is CC(=O)NNC(=O)COc1ccc(O)cc1. The van der Waals surface area contributed by atoms with E-state index < -0.39 is 5.91 Å². The normalized spacial score (nSPS) is 9.31. The van der Waals surface area contributed by atoms with Crippen LogP contribution in [0.2, 0.25) is 0 Å². The van der Waals surface area contributed by atoms with Gasteiger partial charge in [-0.05, 0) is 24.3 Å². The summed E-state index contributed by atoms with van der Waals surface area (Å²) in [5, 5.41) is 9.00. The lowest BCUT2D eigenvalue weighted by atomic mass is 10.3. The van der Waals surface area contributed by atoms with Gasteiger partial charge in [-0.15, -0.1) is 0 Å². The highest BCUT2D eigenvalue weighted by Crippen LogP contribution is 2.15. The molecule has 0 aliphatic rings. The van der Waals surface area contributed by atoms with Crippen molar-refractivity contribution in [3.8, 4) is 11.5 Å². The first kappa shape index (κ1) is 11.8. The zero-order valence-electron chi connectivity index (χ0n) is 8.69. The van der Waals surface area contributed by atoms with Gasteiger partial charge in [-0.2, -0.15) is 0 Å². The first-order valence-electron chi connectivity index (χ1n) is 4.55. The highest BCUT2D eigenvalue weighted by Gasteiger charge is 2.02. The third kappa shape index (κ3) is 4.32. The average molecular weight is 224 g/mol. The molecule has 0 unspecified atom stereocenters. The maximum Gasteiger partial charge on any atom is 0.276 e. The minimum Gasteiger partial charge on any atom is -0.508 e. The molecule has 0 spiro atoms. The summed E-state index contributed by atoms with van der Waals surface area (Å²) in [6.07, 6.45) is 0. The van der Waals surface area contributed by atoms with Crippen LogP contribution < -0.4 is 15.6 Å². The van der Waals surface area contributed by atoms with E-state index in [-0.39, 0.29) is 18.3 Å². The van der Waals surface area contributed by atoms with Crippen LogP contribution in [0.3, 0.4) is 0 Å². The molecule has 0 saturated heterocycles. The van der Waals surface area contributed by atoms with Crippen LogP contribution in [-0.2, 0) is 9.59 Å². The van der Waals surface area contributed by atoms with E-state index in [0.717, 1.165) is 0 Å². The second-order valence-corrected chi connectivity index (χ2v) is 3.01. The molecule has 0 heterocycles. The van der Waals surface area contributed by atoms with E-state index in [1.165, 1.54) is 31.2 Å². The summed E-state index contributed by atoms with van der Waals surface area (Å²) in [6.45, 7) is 1.06. The van der Waals surface area contributed by atoms with E-state index in [1.54, 1.807) is 0 Å². The lowest BCUT2D eigenvalue weighted by molar-refractivity contribution is -0.129. The molecule has 0 fully saturated rings. The molecule has 6 heteroatoms. The fourth-order valence-corrected chi connectivity index (χ4v) is 0.885. The van der Waals surface area contributed by atoms with Crippen molar-refractivity contribution >= 4 is 11.8 Å². The summed E-state index contributed by atoms with van der Waals surface area (Å²) >= 11 is 0. The number of phenols is 1. The molecule has 1 rings (SSSR count). The Hall–Kier alpha value is -2.24. The summed E-state index contributed by atoms with van der Waals surface area (Å²) in [5.74, 6) is -0.257. The lowest BCUT2D eigenvalue weighted by Gasteiger charge is -2.07. The second kappa shape index (κ2) is 5.59. The van der Waals surface area contributed by atoms with Gasteiger partial charge in [0.15, 0.2) is 6.61 Å². The molecule has 16 heavy (non-hydrogen) atoms. The van der Waals surface area contributed by atoms with Gasteiger partial charge in [0.25, 0.3) is 5.91 Å². The highest BCUT2D eigenvalue weighted by atomic mass is 16.5. The van der Waals surface area contributed by atoms with Gasteiger partial charge in [-0.1, -0.05) is 0 Å². The van der Waals surface area contributed by atoms with E-state index >= 15 is 0 Å². The maximum absolute atomic E-state index is 11.1. The first-order chi connectivity index (χ1) is 7.58. The number of hydrazine groups is 1. The van der Waals surface area contributed by atoms with Gasteiger partial charge < -0.3 is 9.84 Å². The van der Waals surface area contributed by atoms with Crippen LogP contribution in [0.5, 0.6) is 11.5 Å². The maximum atomic E-state index is 11.1. The Morgan fingerprint density at radius 3 is 2.44 bits per heavy atom. The largest absolute Gasteiger partial charge is 0.508 e. The average Bonchev–Trinajstić information content (AvgIpc) is 2.25. The fourth-order valence-electron chi connectivity index (χ4n) is 0.885. The van der Waals surface area contributed by atoms with Crippen LogP contribution >= 0.6 is 0 Å². The van der Waals surface area contributed by atoms with Gasteiger partial charge in [0.05, 0.1) is 0 Å². The van der Waals surface area contributed by atoms with E-state index in [2.05, 4.69) is 10.9 Å². The van der Waals surface area contributed by atoms with Gasteiger partial charge in [0.2, 0.25) is 5.91 Å². The van der Waals surface area contributed by atoms with Crippen molar-refractivity contribution in [1.82, 2.24) is 10.9 Å². The van der Waals surface area contributed by atoms with Crippen molar-refractivity contribution in [1.29, 1.82) is 0 Å². The van der Waals surface area contributed by atoms with E-state index in [1.807, 2.05) is 0 Å². The van der Waals surface area contributed by atoms with E-state index in [9.17, 15) is 9.59 Å². The highest BCUT2D eigenvalue weighted by molar-refractivity contribution is 5.81. The second-order valence-electron chi connectivity index (χ2n) is 3.01. The predicted octanol–water partition coefficient (Wildman–Crippen LogP) is -0.0617. The van der Waals surface area contributed by atoms with Crippen LogP contribution in [0.1, 0.15) is 6.92 Å². The summed E-state index contributed by atoms with van der Waals surface area (Å²) in [6, 6.07) is 5.95. The number of rotatable bonds is 3. The zero-order chi connectivity index (χ0) is 12.0. The Kier molecular flexibility index (Phi) is 4.14. The molecule has 86 valence electrons. The standard InChI is InChI=1S/C10H12N2O4/c1-7(13)11-12-10(15)6-16-9-4-2-8(14)3-5-9/h2-5,14H,6H2,1H3,(H,11,13)(H,12,15). The predicted molar refractivity (Wildman–Crippen MR) is 55.6 cm³/mol. The van der Waals surface area contributed by atoms with Crippen LogP contribution in [0.4, 0.5) is 0 Å². The van der Waals surface area contributed by atoms with Crippen molar-refractivity contribution in [2.45, 2.75) is 6.92 Å². The topological polar surface area (TPSA) is 87.7 Å². The van der Waals surface area contributed by atoms with E-state index in [4.69, 9.17) is 9.84 Å². The summed E-state index contributed by atoms with van der Waals surface area (Å²) in [7, 11) is 0. The van der Waals surface area contributed by atoms with Gasteiger partial charge in [0.1, 0.15) is 11.5 Å². The number of aromatic hydroxyl groups is 1. The summed E-state index contributed by atoms with van der Waals surface area (Å²) in [4.78, 5) is 21.6. The quantitative estimate of drug-likeness (QED) is 0.627. The Morgan fingerprint density at radius 1 is 1.25 bits per heavy atom. The van der Waals surface area contributed by atoms with Crippen LogP contribution in [0, 0.1) is 0 Å². The molecule has 0 aliphatic carbocycles. The molecular weight excluding hydrogens is 212 g/mol. The van der Waals surface area contributed by atoms with Gasteiger partial charge in [-0.25, -0.2) is 0 Å². The molecule has 6 nitrogen and oxygen atoms in total. The first-order valence-corrected chi connectivity index (χ1v) is 4.55. The molecule has 1 aromatic carbocycles. The molecule has 0 bridgehead atoms. The molecule has 3 N–H and O–H groups in total. The molecule has 0 atom stereocenters. The molecule has 0 aliphatic heterocycles. The molecule has 0 saturated carbocycles. The van der Waals surface area contributed by atoms with Gasteiger partial charge in [-0.3, -0.25) is 20.4 Å². The van der Waals surface area contributed by atoms with E-state index in [0.29, 0.717) is 5.75 Å². The van der Waals surface area contributed by atoms with Crippen molar-refractivity contribution in [3.63, 3.8) is 0 Å². The zero-order valence-corrected chi connectivity index (χ0v) is 8.69. The van der Waals surface area contributed by atoms with Crippen LogP contribution in [0.15, 0.2) is 24.3 Å². The Labute approximate surface area is 92.2 Å². The number of phenolic OH excluding ortho intramolecular Hbond substituents is 1. The smallest absolute Gasteiger partial charge is 0.276 e. The van der Waals surface area contributed by atoms with Crippen LogP contribution in [0.25, 0.3) is 0 Å². The Balaban J connectivity index is 2.31. The van der Waals surface area contributed by atoms with Crippen molar-refractivity contribution < 1.29 is 19.4 Å². The fraction of sp³-hybridized carbons (Fsp3) is 0.200. The monoisotopic (exact) mass is 224 g/mol. The number of hydrogen-bond donors (Lipinski definition) is 3. The number of carbonyl (C=O) groups excluding carboxylic acids is 2. The minimum atomic E-state index is -0.469. The molecule has 0 aromatic heterocycles. The van der Waals surface area contributed by atoms with Crippen molar-refractivity contribution in [3.05, 3.63) is 24.3 Å². The van der Waals surface area contributed by atoms with Crippen molar-refractivity contribution in [2.75, 3.05) is 6.61 Å². The third-order valence-corrected chi connectivity index (χ3v) is 1.58. The number of amides is 2. The number of nitrogens with one attached hydrogen (secondary N) is 2. The molecule has 0 radical (unpaired) electrons. The number of ether oxygens (including phenoxy) is 1. The molecular formula is C10H12N2O4. The summed E-state index contributed by atoms with van der Waals surface area (Å²) < 4.78 is 5.08. The number of hydrogen-bond acceptors (Lipinski definition) is 4. The number of carbonyl (C=O) groups is 2. The third-order valence-electron chi connectivity index (χ3n) is 1.58. The minimum absolute atomic E-state index is 0.120. The summed E-state index contributed by atoms with van der Waals surface area (Å²) in [5.41, 5.74) is 4.28. The van der Waals surface area contributed by atoms with Crippen molar-refractivity contribution in [2.24, 2.45) is 0 Å². The number of benzene rings is 1. The van der Waals surface area contributed by atoms with Gasteiger partial charge in [0, 0.05) is 6.92 Å². The molecule has 1 aromatic rings. The lowest BCUT2D eigenvalue weighted by Crippen LogP contribution is -2.42. The van der Waals surface area contributed by atoms with Gasteiger partial charge >= 0.3 is 0 Å². The Morgan fingerprint density at radius 2 is 1.88 bits per heavy atom. The Bertz CT molecular complexity index is 375.